The molecular formula is C22H24F5NO. The van der Waals surface area contributed by atoms with E-state index in [4.69, 9.17) is 0 Å². The van der Waals surface area contributed by atoms with Gasteiger partial charge >= 0.3 is 6.18 Å². The second-order valence-electron chi connectivity index (χ2n) is 8.31. The molecule has 0 aromatic heterocycles. The van der Waals surface area contributed by atoms with Crippen LogP contribution in [0.2, 0.25) is 0 Å². The number of carbonyl (C=O) groups excluding carboxylic acids is 1. The molecule has 1 fully saturated rings. The summed E-state index contributed by atoms with van der Waals surface area (Å²) < 4.78 is 66.9. The third-order valence-corrected chi connectivity index (χ3v) is 5.64. The average Bonchev–Trinajstić information content (AvgIpc) is 2.63. The molecule has 3 rings (SSSR count). The van der Waals surface area contributed by atoms with Gasteiger partial charge in [0.1, 0.15) is 0 Å². The first kappa shape index (κ1) is 21.5. The van der Waals surface area contributed by atoms with Crippen LogP contribution >= 0.6 is 0 Å². The molecule has 7 heteroatoms. The standard InChI is InChI=1S/C22H24F5NO/c1-21(13-22(25,26)27,12-14-5-3-2-4-6-14)28-20(29)16-7-9-17-15(11-16)8-10-18(23)19(17)24/h7-11,14H,2-6,12-13H2,1H3,(H,28,29). The zero-order valence-corrected chi connectivity index (χ0v) is 16.2. The number of halogens is 5. The minimum Gasteiger partial charge on any atom is -0.347 e. The van der Waals surface area contributed by atoms with Gasteiger partial charge in [-0.3, -0.25) is 4.79 Å². The van der Waals surface area contributed by atoms with Gasteiger partial charge in [-0.15, -0.1) is 0 Å². The van der Waals surface area contributed by atoms with Gasteiger partial charge in [0.05, 0.1) is 6.42 Å². The van der Waals surface area contributed by atoms with E-state index in [1.54, 1.807) is 0 Å². The first-order chi connectivity index (χ1) is 13.6. The largest absolute Gasteiger partial charge is 0.391 e. The smallest absolute Gasteiger partial charge is 0.347 e. The van der Waals surface area contributed by atoms with Gasteiger partial charge < -0.3 is 5.32 Å². The number of hydrogen-bond donors (Lipinski definition) is 1. The van der Waals surface area contributed by atoms with E-state index >= 15 is 0 Å². The molecule has 0 saturated heterocycles. The average molecular weight is 413 g/mol. The first-order valence-electron chi connectivity index (χ1n) is 9.83. The molecule has 158 valence electrons. The van der Waals surface area contributed by atoms with Gasteiger partial charge in [0.15, 0.2) is 11.6 Å². The lowest BCUT2D eigenvalue weighted by molar-refractivity contribution is -0.149. The number of alkyl halides is 3. The van der Waals surface area contributed by atoms with Crippen LogP contribution in [-0.4, -0.2) is 17.6 Å². The molecule has 1 N–H and O–H groups in total. The lowest BCUT2D eigenvalue weighted by Crippen LogP contribution is -2.50. The van der Waals surface area contributed by atoms with E-state index in [-0.39, 0.29) is 23.3 Å². The number of nitrogens with one attached hydrogen (secondary N) is 1. The third-order valence-electron chi connectivity index (χ3n) is 5.64. The summed E-state index contributed by atoms with van der Waals surface area (Å²) >= 11 is 0. The summed E-state index contributed by atoms with van der Waals surface area (Å²) in [6, 6.07) is 6.22. The molecule has 0 spiro atoms. The molecule has 1 unspecified atom stereocenters. The number of benzene rings is 2. The Hall–Kier alpha value is -2.18. The van der Waals surface area contributed by atoms with Crippen molar-refractivity contribution >= 4 is 16.7 Å². The fourth-order valence-electron chi connectivity index (χ4n) is 4.39. The minimum atomic E-state index is -4.42. The van der Waals surface area contributed by atoms with Crippen molar-refractivity contribution in [1.29, 1.82) is 0 Å². The van der Waals surface area contributed by atoms with Crippen LogP contribution in [0.3, 0.4) is 0 Å². The van der Waals surface area contributed by atoms with Crippen molar-refractivity contribution in [2.75, 3.05) is 0 Å². The predicted octanol–water partition coefficient (Wildman–Crippen LogP) is 6.53. The van der Waals surface area contributed by atoms with Gasteiger partial charge in [0.2, 0.25) is 0 Å². The Bertz CT molecular complexity index is 889. The van der Waals surface area contributed by atoms with E-state index in [1.165, 1.54) is 31.2 Å². The summed E-state index contributed by atoms with van der Waals surface area (Å²) in [5.74, 6) is -2.53. The highest BCUT2D eigenvalue weighted by Gasteiger charge is 2.41. The van der Waals surface area contributed by atoms with Crippen LogP contribution in [-0.2, 0) is 0 Å². The van der Waals surface area contributed by atoms with Crippen LogP contribution in [0.4, 0.5) is 22.0 Å². The number of hydrogen-bond acceptors (Lipinski definition) is 1. The van der Waals surface area contributed by atoms with Gasteiger partial charge in [0.25, 0.3) is 5.91 Å². The quantitative estimate of drug-likeness (QED) is 0.555. The number of fused-ring (bicyclic) bond motifs is 1. The van der Waals surface area contributed by atoms with Crippen molar-refractivity contribution in [1.82, 2.24) is 5.32 Å². The summed E-state index contributed by atoms with van der Waals surface area (Å²) in [5, 5.41) is 2.90. The minimum absolute atomic E-state index is 0.0156. The Kier molecular flexibility index (Phi) is 6.15. The second kappa shape index (κ2) is 8.28. The van der Waals surface area contributed by atoms with Crippen molar-refractivity contribution < 1.29 is 26.7 Å². The molecule has 0 bridgehead atoms. The van der Waals surface area contributed by atoms with Crippen LogP contribution in [0.25, 0.3) is 10.8 Å². The van der Waals surface area contributed by atoms with Gasteiger partial charge in [0, 0.05) is 16.5 Å². The van der Waals surface area contributed by atoms with E-state index in [2.05, 4.69) is 5.32 Å². The molecule has 1 aliphatic carbocycles. The molecule has 0 aliphatic heterocycles. The summed E-state index contributed by atoms with van der Waals surface area (Å²) in [7, 11) is 0. The highest BCUT2D eigenvalue weighted by molar-refractivity contribution is 5.99. The van der Waals surface area contributed by atoms with E-state index in [0.29, 0.717) is 5.39 Å². The van der Waals surface area contributed by atoms with Crippen LogP contribution in [0.15, 0.2) is 30.3 Å². The van der Waals surface area contributed by atoms with E-state index in [9.17, 15) is 26.7 Å². The highest BCUT2D eigenvalue weighted by atomic mass is 19.4. The highest BCUT2D eigenvalue weighted by Crippen LogP contribution is 2.36. The predicted molar refractivity (Wildman–Crippen MR) is 102 cm³/mol. The molecule has 1 atom stereocenters. The zero-order valence-electron chi connectivity index (χ0n) is 16.2. The molecule has 1 aliphatic rings. The van der Waals surface area contributed by atoms with E-state index in [1.807, 2.05) is 0 Å². The van der Waals surface area contributed by atoms with Gasteiger partial charge in [-0.2, -0.15) is 13.2 Å². The number of rotatable bonds is 5. The van der Waals surface area contributed by atoms with E-state index < -0.39 is 35.7 Å². The van der Waals surface area contributed by atoms with Crippen molar-refractivity contribution in [3.05, 3.63) is 47.5 Å². The fourth-order valence-corrected chi connectivity index (χ4v) is 4.39. The molecule has 0 radical (unpaired) electrons. The Balaban J connectivity index is 1.83. The fraction of sp³-hybridized carbons (Fsp3) is 0.500. The summed E-state index contributed by atoms with van der Waals surface area (Å²) in [4.78, 5) is 12.7. The van der Waals surface area contributed by atoms with Gasteiger partial charge in [-0.25, -0.2) is 8.78 Å². The molecule has 2 aromatic rings. The monoisotopic (exact) mass is 413 g/mol. The number of amides is 1. The van der Waals surface area contributed by atoms with Crippen molar-refractivity contribution in [2.24, 2.45) is 5.92 Å². The third kappa shape index (κ3) is 5.46. The molecule has 1 saturated carbocycles. The second-order valence-corrected chi connectivity index (χ2v) is 8.31. The lowest BCUT2D eigenvalue weighted by atomic mass is 9.78. The molecule has 1 amide bonds. The molecule has 2 aromatic carbocycles. The van der Waals surface area contributed by atoms with E-state index in [0.717, 1.165) is 38.2 Å². The van der Waals surface area contributed by atoms with Crippen molar-refractivity contribution in [3.63, 3.8) is 0 Å². The Morgan fingerprint density at radius 3 is 2.41 bits per heavy atom. The normalized spacial score (nSPS) is 17.9. The van der Waals surface area contributed by atoms with Crippen molar-refractivity contribution in [2.45, 2.75) is 63.6 Å². The molecule has 2 nitrogen and oxygen atoms in total. The summed E-state index contributed by atoms with van der Waals surface area (Å²) in [6.07, 6.45) is -0.468. The maximum absolute atomic E-state index is 13.8. The van der Waals surface area contributed by atoms with Crippen LogP contribution in [0.1, 0.15) is 62.2 Å². The molecule has 0 heterocycles. The van der Waals surface area contributed by atoms with Gasteiger partial charge in [-0.05, 0) is 42.8 Å². The van der Waals surface area contributed by atoms with Crippen LogP contribution in [0.5, 0.6) is 0 Å². The lowest BCUT2D eigenvalue weighted by Gasteiger charge is -2.36. The maximum atomic E-state index is 13.8. The van der Waals surface area contributed by atoms with Crippen LogP contribution < -0.4 is 5.32 Å². The first-order valence-corrected chi connectivity index (χ1v) is 9.83. The van der Waals surface area contributed by atoms with Gasteiger partial charge in [-0.1, -0.05) is 44.2 Å². The molecular weight excluding hydrogens is 389 g/mol. The Morgan fingerprint density at radius 2 is 1.76 bits per heavy atom. The van der Waals surface area contributed by atoms with Crippen molar-refractivity contribution in [3.8, 4) is 0 Å². The zero-order chi connectivity index (χ0) is 21.2. The molecule has 29 heavy (non-hydrogen) atoms. The topological polar surface area (TPSA) is 29.1 Å². The summed E-state index contributed by atoms with van der Waals surface area (Å²) in [6.45, 7) is 1.43. The Labute approximate surface area is 166 Å². The summed E-state index contributed by atoms with van der Waals surface area (Å²) in [5.41, 5.74) is -1.32. The number of carbonyl (C=O) groups is 1. The Morgan fingerprint density at radius 1 is 1.07 bits per heavy atom. The van der Waals surface area contributed by atoms with Crippen LogP contribution in [0, 0.1) is 17.6 Å². The maximum Gasteiger partial charge on any atom is 0.391 e. The SMILES string of the molecule is CC(CC1CCCCC1)(CC(F)(F)F)NC(=O)c1ccc2c(F)c(F)ccc2c1.